The lowest BCUT2D eigenvalue weighted by Crippen LogP contribution is -2.25. The van der Waals surface area contributed by atoms with Crippen molar-refractivity contribution in [2.24, 2.45) is 0 Å². The van der Waals surface area contributed by atoms with Crippen molar-refractivity contribution in [3.05, 3.63) is 23.2 Å². The highest BCUT2D eigenvalue weighted by Crippen LogP contribution is 2.37. The van der Waals surface area contributed by atoms with Crippen LogP contribution in [0, 0.1) is 5.82 Å². The molecule has 0 unspecified atom stereocenters. The number of thiazole rings is 1. The predicted octanol–water partition coefficient (Wildman–Crippen LogP) is 3.72. The molecule has 0 aliphatic heterocycles. The largest absolute Gasteiger partial charge is 0.479 e. The molecule has 0 atom stereocenters. The van der Waals surface area contributed by atoms with E-state index in [0.29, 0.717) is 22.0 Å². The van der Waals surface area contributed by atoms with E-state index in [1.807, 2.05) is 6.26 Å². The highest BCUT2D eigenvalue weighted by molar-refractivity contribution is 7.98. The Bertz CT molecular complexity index is 711. The smallest absolute Gasteiger partial charge is 0.250 e. The van der Waals surface area contributed by atoms with Crippen LogP contribution in [-0.2, 0) is 4.79 Å². The summed E-state index contributed by atoms with van der Waals surface area (Å²) in [6, 6.07) is 1.28. The number of anilines is 1. The van der Waals surface area contributed by atoms with Crippen molar-refractivity contribution in [2.75, 3.05) is 31.1 Å². The van der Waals surface area contributed by atoms with Gasteiger partial charge in [-0.25, -0.2) is 14.4 Å². The number of rotatable bonds is 6. The Hall–Kier alpha value is -1.38. The average molecular weight is 376 g/mol. The molecule has 1 amide bonds. The Morgan fingerprint density at radius 2 is 2.30 bits per heavy atom. The van der Waals surface area contributed by atoms with E-state index in [-0.39, 0.29) is 16.9 Å². The van der Waals surface area contributed by atoms with Gasteiger partial charge >= 0.3 is 0 Å². The fraction of sp³-hybridized carbons (Fsp3) is 0.357. The summed E-state index contributed by atoms with van der Waals surface area (Å²) in [6.45, 7) is 0. The summed E-state index contributed by atoms with van der Waals surface area (Å²) in [5.41, 5.74) is 0.478. The molecule has 2 heterocycles. The van der Waals surface area contributed by atoms with E-state index in [4.69, 9.17) is 16.3 Å². The molecule has 124 valence electrons. The number of hydrogen-bond acceptors (Lipinski definition) is 6. The van der Waals surface area contributed by atoms with Gasteiger partial charge in [0.1, 0.15) is 10.0 Å². The average Bonchev–Trinajstić information content (AvgIpc) is 2.93. The van der Waals surface area contributed by atoms with Crippen molar-refractivity contribution in [1.82, 2.24) is 9.97 Å². The maximum absolute atomic E-state index is 13.8. The molecule has 0 spiro atoms. The van der Waals surface area contributed by atoms with E-state index in [1.54, 1.807) is 18.8 Å². The van der Waals surface area contributed by atoms with Crippen molar-refractivity contribution in [3.63, 3.8) is 0 Å². The van der Waals surface area contributed by atoms with Gasteiger partial charge in [-0.05, 0) is 12.3 Å². The minimum absolute atomic E-state index is 0.0458. The maximum Gasteiger partial charge on any atom is 0.250 e. The number of pyridine rings is 1. The number of nitrogens with zero attached hydrogens (tertiary/aromatic N) is 3. The van der Waals surface area contributed by atoms with Crippen LogP contribution in [0.5, 0.6) is 5.88 Å². The Morgan fingerprint density at radius 3 is 2.91 bits per heavy atom. The number of thioether (sulfide) groups is 1. The zero-order valence-electron chi connectivity index (χ0n) is 12.8. The zero-order valence-corrected chi connectivity index (χ0v) is 15.2. The second-order valence-corrected chi connectivity index (χ2v) is 6.85. The minimum atomic E-state index is -0.581. The van der Waals surface area contributed by atoms with E-state index >= 15 is 0 Å². The van der Waals surface area contributed by atoms with Gasteiger partial charge in [0, 0.05) is 31.0 Å². The third kappa shape index (κ3) is 4.13. The van der Waals surface area contributed by atoms with Gasteiger partial charge in [0.15, 0.2) is 11.0 Å². The maximum atomic E-state index is 13.8. The van der Waals surface area contributed by atoms with Crippen LogP contribution in [0.2, 0.25) is 5.15 Å². The van der Waals surface area contributed by atoms with Crippen molar-refractivity contribution in [1.29, 1.82) is 0 Å². The van der Waals surface area contributed by atoms with Crippen LogP contribution in [-0.4, -0.2) is 42.0 Å². The summed E-state index contributed by atoms with van der Waals surface area (Å²) < 4.78 is 18.5. The van der Waals surface area contributed by atoms with Gasteiger partial charge in [-0.1, -0.05) is 22.9 Å². The zero-order chi connectivity index (χ0) is 17.0. The quantitative estimate of drug-likeness (QED) is 0.770. The number of carbonyl (C=O) groups excluding carboxylic acids is 1. The number of methoxy groups -OCH3 is 1. The Labute approximate surface area is 146 Å². The minimum Gasteiger partial charge on any atom is -0.479 e. The van der Waals surface area contributed by atoms with E-state index < -0.39 is 5.82 Å². The molecule has 2 rings (SSSR count). The van der Waals surface area contributed by atoms with Crippen LogP contribution in [0.3, 0.4) is 0 Å². The molecule has 0 aromatic carbocycles. The summed E-state index contributed by atoms with van der Waals surface area (Å²) in [5, 5.41) is 1.23. The van der Waals surface area contributed by atoms with Gasteiger partial charge in [0.05, 0.1) is 7.11 Å². The van der Waals surface area contributed by atoms with Crippen LogP contribution in [0.15, 0.2) is 12.3 Å². The molecule has 5 nitrogen and oxygen atoms in total. The van der Waals surface area contributed by atoms with Gasteiger partial charge in [-0.15, -0.1) is 0 Å². The van der Waals surface area contributed by atoms with Crippen molar-refractivity contribution >= 4 is 45.6 Å². The van der Waals surface area contributed by atoms with Gasteiger partial charge in [-0.3, -0.25) is 4.79 Å². The molecule has 0 bridgehead atoms. The van der Waals surface area contributed by atoms with E-state index in [0.717, 1.165) is 5.75 Å². The van der Waals surface area contributed by atoms with E-state index in [1.165, 1.54) is 35.6 Å². The van der Waals surface area contributed by atoms with Crippen molar-refractivity contribution in [3.8, 4) is 16.5 Å². The lowest BCUT2D eigenvalue weighted by Gasteiger charge is -2.14. The molecule has 0 saturated heterocycles. The van der Waals surface area contributed by atoms with Gasteiger partial charge in [-0.2, -0.15) is 11.8 Å². The molecular weight excluding hydrogens is 361 g/mol. The molecule has 23 heavy (non-hydrogen) atoms. The van der Waals surface area contributed by atoms with Crippen molar-refractivity contribution in [2.45, 2.75) is 6.42 Å². The second kappa shape index (κ2) is 7.94. The fourth-order valence-electron chi connectivity index (χ4n) is 1.79. The summed E-state index contributed by atoms with van der Waals surface area (Å²) in [4.78, 5) is 21.6. The topological polar surface area (TPSA) is 55.3 Å². The standard InChI is InChI=1S/C14H15ClFN3O2S2/c1-19(10(20)4-5-22-3)14-11(15)18-13(23-14)8-6-9(16)12(21-2)17-7-8/h6-7H,4-5H2,1-3H3. The molecule has 0 aliphatic rings. The number of halogens is 2. The number of aromatic nitrogens is 2. The molecule has 2 aromatic heterocycles. The molecule has 0 saturated carbocycles. The summed E-state index contributed by atoms with van der Waals surface area (Å²) in [6.07, 6.45) is 3.81. The molecule has 0 fully saturated rings. The number of ether oxygens (including phenoxy) is 1. The SMILES string of the molecule is COc1ncc(-c2nc(Cl)c(N(C)C(=O)CCSC)s2)cc1F. The lowest BCUT2D eigenvalue weighted by molar-refractivity contribution is -0.117. The summed E-state index contributed by atoms with van der Waals surface area (Å²) in [7, 11) is 3.00. The first kappa shape index (κ1) is 18.0. The summed E-state index contributed by atoms with van der Waals surface area (Å²) >= 11 is 8.94. The lowest BCUT2D eigenvalue weighted by atomic mass is 10.3. The normalized spacial score (nSPS) is 10.7. The van der Waals surface area contributed by atoms with E-state index in [2.05, 4.69) is 9.97 Å². The highest BCUT2D eigenvalue weighted by Gasteiger charge is 2.20. The Kier molecular flexibility index (Phi) is 6.20. The van der Waals surface area contributed by atoms with Gasteiger partial charge in [0.25, 0.3) is 0 Å². The van der Waals surface area contributed by atoms with Crippen LogP contribution >= 0.6 is 34.7 Å². The number of carbonyl (C=O) groups is 1. The monoisotopic (exact) mass is 375 g/mol. The molecule has 9 heteroatoms. The second-order valence-electron chi connectivity index (χ2n) is 4.53. The first-order valence-electron chi connectivity index (χ1n) is 6.59. The third-order valence-corrected chi connectivity index (χ3v) is 5.18. The molecule has 0 aliphatic carbocycles. The van der Waals surface area contributed by atoms with Gasteiger partial charge < -0.3 is 9.64 Å². The van der Waals surface area contributed by atoms with Crippen molar-refractivity contribution < 1.29 is 13.9 Å². The highest BCUT2D eigenvalue weighted by atomic mass is 35.5. The van der Waals surface area contributed by atoms with Crippen LogP contribution in [0.1, 0.15) is 6.42 Å². The Morgan fingerprint density at radius 1 is 1.57 bits per heavy atom. The first-order chi connectivity index (χ1) is 11.0. The third-order valence-electron chi connectivity index (χ3n) is 3.02. The molecule has 0 N–H and O–H groups in total. The van der Waals surface area contributed by atoms with Crippen LogP contribution < -0.4 is 9.64 Å². The van der Waals surface area contributed by atoms with E-state index in [9.17, 15) is 9.18 Å². The summed E-state index contributed by atoms with van der Waals surface area (Å²) in [5.74, 6) is 0.0267. The van der Waals surface area contributed by atoms with Gasteiger partial charge in [0.2, 0.25) is 11.8 Å². The first-order valence-corrected chi connectivity index (χ1v) is 9.18. The van der Waals surface area contributed by atoms with Crippen LogP contribution in [0.25, 0.3) is 10.6 Å². The number of amides is 1. The van der Waals surface area contributed by atoms with Crippen LogP contribution in [0.4, 0.5) is 9.39 Å². The molecule has 0 radical (unpaired) electrons. The fourth-order valence-corrected chi connectivity index (χ4v) is 3.46. The predicted molar refractivity (Wildman–Crippen MR) is 93.3 cm³/mol. The number of hydrogen-bond donors (Lipinski definition) is 0. The molecular formula is C14H15ClFN3O2S2. The Balaban J connectivity index is 2.27. The molecule has 2 aromatic rings.